The summed E-state index contributed by atoms with van der Waals surface area (Å²) in [6, 6.07) is 10.6. The molecule has 0 saturated carbocycles. The lowest BCUT2D eigenvalue weighted by atomic mass is 10.0. The van der Waals surface area contributed by atoms with Crippen molar-refractivity contribution >= 4 is 33.5 Å². The Balaban J connectivity index is 1.92. The minimum absolute atomic E-state index is 0.0438. The van der Waals surface area contributed by atoms with Crippen LogP contribution in [0.2, 0.25) is 0 Å². The number of amides is 1. The first-order valence-electron chi connectivity index (χ1n) is 6.78. The number of ether oxygens (including phenoxy) is 1. The summed E-state index contributed by atoms with van der Waals surface area (Å²) in [5, 5.41) is 2.75. The second kappa shape index (κ2) is 7.26. The van der Waals surface area contributed by atoms with E-state index in [1.165, 1.54) is 6.07 Å². The largest absolute Gasteiger partial charge is 0.450 e. The Labute approximate surface area is 136 Å². The first-order chi connectivity index (χ1) is 10.5. The molecule has 0 aliphatic carbocycles. The van der Waals surface area contributed by atoms with E-state index in [2.05, 4.69) is 21.2 Å². The Morgan fingerprint density at radius 2 is 1.95 bits per heavy atom. The molecule has 6 heteroatoms. The van der Waals surface area contributed by atoms with E-state index >= 15 is 0 Å². The number of rotatable bonds is 5. The minimum atomic E-state index is -0.682. The molecule has 1 aromatic carbocycles. The molecule has 0 aliphatic heterocycles. The fourth-order valence-electron chi connectivity index (χ4n) is 1.93. The van der Waals surface area contributed by atoms with Gasteiger partial charge in [0.05, 0.1) is 0 Å². The number of halogens is 1. The van der Waals surface area contributed by atoms with Gasteiger partial charge in [0.25, 0.3) is 5.91 Å². The quantitative estimate of drug-likeness (QED) is 0.814. The molecule has 2 rings (SSSR count). The van der Waals surface area contributed by atoms with Crippen LogP contribution in [0.1, 0.15) is 35.9 Å². The normalized spacial score (nSPS) is 10.5. The molecule has 2 aromatic rings. The first kappa shape index (κ1) is 16.3. The van der Waals surface area contributed by atoms with E-state index in [0.29, 0.717) is 4.67 Å². The lowest BCUT2D eigenvalue weighted by Crippen LogP contribution is -2.21. The molecule has 1 N–H and O–H groups in total. The fourth-order valence-corrected chi connectivity index (χ4v) is 2.23. The molecule has 0 bridgehead atoms. The maximum Gasteiger partial charge on any atom is 0.374 e. The van der Waals surface area contributed by atoms with Crippen LogP contribution in [0.4, 0.5) is 5.69 Å². The lowest BCUT2D eigenvalue weighted by molar-refractivity contribution is -0.119. The summed E-state index contributed by atoms with van der Waals surface area (Å²) in [4.78, 5) is 23.6. The van der Waals surface area contributed by atoms with Crippen molar-refractivity contribution in [2.24, 2.45) is 0 Å². The van der Waals surface area contributed by atoms with Crippen molar-refractivity contribution in [3.63, 3.8) is 0 Å². The smallest absolute Gasteiger partial charge is 0.374 e. The molecule has 0 unspecified atom stereocenters. The van der Waals surface area contributed by atoms with Gasteiger partial charge >= 0.3 is 5.97 Å². The summed E-state index contributed by atoms with van der Waals surface area (Å²) in [6.07, 6.45) is 0. The summed E-state index contributed by atoms with van der Waals surface area (Å²) < 4.78 is 10.4. The van der Waals surface area contributed by atoms with Gasteiger partial charge in [0.15, 0.2) is 11.3 Å². The van der Waals surface area contributed by atoms with Crippen molar-refractivity contribution in [1.82, 2.24) is 0 Å². The molecule has 0 fully saturated rings. The second-order valence-corrected chi connectivity index (χ2v) is 5.75. The summed E-state index contributed by atoms with van der Waals surface area (Å²) in [5.41, 5.74) is 1.75. The lowest BCUT2D eigenvalue weighted by Gasteiger charge is -2.13. The molecule has 116 valence electrons. The highest BCUT2D eigenvalue weighted by molar-refractivity contribution is 9.10. The zero-order valence-electron chi connectivity index (χ0n) is 12.3. The predicted octanol–water partition coefficient (Wildman–Crippen LogP) is 3.96. The van der Waals surface area contributed by atoms with Crippen LogP contribution in [0.3, 0.4) is 0 Å². The number of nitrogens with one attached hydrogen (secondary N) is 1. The monoisotopic (exact) mass is 365 g/mol. The number of anilines is 1. The Hall–Kier alpha value is -2.08. The van der Waals surface area contributed by atoms with Gasteiger partial charge in [0.2, 0.25) is 5.76 Å². The van der Waals surface area contributed by atoms with E-state index in [4.69, 9.17) is 9.15 Å². The summed E-state index contributed by atoms with van der Waals surface area (Å²) in [5.74, 6) is -0.758. The molecule has 1 heterocycles. The third-order valence-electron chi connectivity index (χ3n) is 2.97. The third kappa shape index (κ3) is 4.21. The van der Waals surface area contributed by atoms with Crippen LogP contribution in [0.15, 0.2) is 45.5 Å². The van der Waals surface area contributed by atoms with Gasteiger partial charge in [-0.25, -0.2) is 4.79 Å². The predicted molar refractivity (Wildman–Crippen MR) is 85.9 cm³/mol. The molecule has 0 aliphatic rings. The minimum Gasteiger partial charge on any atom is -0.450 e. The molecular formula is C16H16BrNO4. The number of furan rings is 1. The van der Waals surface area contributed by atoms with E-state index in [1.807, 2.05) is 38.1 Å². The molecule has 0 saturated heterocycles. The van der Waals surface area contributed by atoms with Gasteiger partial charge in [-0.1, -0.05) is 32.0 Å². The highest BCUT2D eigenvalue weighted by Gasteiger charge is 2.15. The van der Waals surface area contributed by atoms with Crippen molar-refractivity contribution in [1.29, 1.82) is 0 Å². The Morgan fingerprint density at radius 1 is 1.23 bits per heavy atom. The number of carbonyl (C=O) groups excluding carboxylic acids is 2. The van der Waals surface area contributed by atoms with Crippen molar-refractivity contribution < 1.29 is 18.7 Å². The van der Waals surface area contributed by atoms with E-state index in [0.717, 1.165) is 11.3 Å². The van der Waals surface area contributed by atoms with Gasteiger partial charge in [0, 0.05) is 5.69 Å². The Bertz CT molecular complexity index is 678. The van der Waals surface area contributed by atoms with Crippen LogP contribution in [-0.2, 0) is 9.53 Å². The van der Waals surface area contributed by atoms with E-state index in [-0.39, 0.29) is 18.3 Å². The van der Waals surface area contributed by atoms with Gasteiger partial charge in [-0.3, -0.25) is 4.79 Å². The molecule has 1 amide bonds. The van der Waals surface area contributed by atoms with Crippen LogP contribution >= 0.6 is 15.9 Å². The van der Waals surface area contributed by atoms with Gasteiger partial charge in [-0.15, -0.1) is 0 Å². The maximum atomic E-state index is 11.9. The van der Waals surface area contributed by atoms with E-state index in [1.54, 1.807) is 6.07 Å². The number of hydrogen-bond donors (Lipinski definition) is 1. The molecule has 1 aromatic heterocycles. The van der Waals surface area contributed by atoms with Crippen LogP contribution < -0.4 is 5.32 Å². The van der Waals surface area contributed by atoms with Crippen LogP contribution in [0.25, 0.3) is 0 Å². The third-order valence-corrected chi connectivity index (χ3v) is 3.39. The summed E-state index contributed by atoms with van der Waals surface area (Å²) in [6.45, 7) is 3.71. The summed E-state index contributed by atoms with van der Waals surface area (Å²) in [7, 11) is 0. The molecule has 0 spiro atoms. The molecule has 0 atom stereocenters. The maximum absolute atomic E-state index is 11.9. The van der Waals surface area contributed by atoms with Gasteiger partial charge in [0.1, 0.15) is 0 Å². The second-order valence-electron chi connectivity index (χ2n) is 4.97. The molecular weight excluding hydrogens is 350 g/mol. The van der Waals surface area contributed by atoms with E-state index in [9.17, 15) is 9.59 Å². The van der Waals surface area contributed by atoms with Gasteiger partial charge in [-0.05, 0) is 45.6 Å². The highest BCUT2D eigenvalue weighted by Crippen LogP contribution is 2.23. The molecule has 22 heavy (non-hydrogen) atoms. The highest BCUT2D eigenvalue weighted by atomic mass is 79.9. The molecule has 0 radical (unpaired) electrons. The van der Waals surface area contributed by atoms with Crippen molar-refractivity contribution in [3.8, 4) is 0 Å². The number of hydrogen-bond acceptors (Lipinski definition) is 4. The Morgan fingerprint density at radius 3 is 2.59 bits per heavy atom. The fraction of sp³-hybridized carbons (Fsp3) is 0.250. The van der Waals surface area contributed by atoms with Gasteiger partial charge in [-0.2, -0.15) is 0 Å². The topological polar surface area (TPSA) is 68.5 Å². The summed E-state index contributed by atoms with van der Waals surface area (Å²) >= 11 is 3.09. The average molecular weight is 366 g/mol. The molecule has 5 nitrogen and oxygen atoms in total. The van der Waals surface area contributed by atoms with Crippen LogP contribution in [0, 0.1) is 0 Å². The number of para-hydroxylation sites is 1. The standard InChI is InChI=1S/C16H16BrNO4/c1-10(2)11-5-3-4-6-12(11)18-15(19)9-21-16(20)13-7-8-14(17)22-13/h3-8,10H,9H2,1-2H3,(H,18,19). The first-order valence-corrected chi connectivity index (χ1v) is 7.58. The SMILES string of the molecule is CC(C)c1ccccc1NC(=O)COC(=O)c1ccc(Br)o1. The number of esters is 1. The zero-order chi connectivity index (χ0) is 16.1. The van der Waals surface area contributed by atoms with E-state index < -0.39 is 11.9 Å². The van der Waals surface area contributed by atoms with Crippen LogP contribution in [0.5, 0.6) is 0 Å². The van der Waals surface area contributed by atoms with Crippen molar-refractivity contribution in [2.45, 2.75) is 19.8 Å². The van der Waals surface area contributed by atoms with Crippen molar-refractivity contribution in [3.05, 3.63) is 52.4 Å². The number of carbonyl (C=O) groups is 2. The van der Waals surface area contributed by atoms with Gasteiger partial charge < -0.3 is 14.5 Å². The Kier molecular flexibility index (Phi) is 5.38. The average Bonchev–Trinajstić information content (AvgIpc) is 2.92. The van der Waals surface area contributed by atoms with Crippen LogP contribution in [-0.4, -0.2) is 18.5 Å². The van der Waals surface area contributed by atoms with Crippen molar-refractivity contribution in [2.75, 3.05) is 11.9 Å². The number of benzene rings is 1. The zero-order valence-corrected chi connectivity index (χ0v) is 13.8.